The number of aryl methyl sites for hydroxylation is 1. The number of nitrogens with one attached hydrogen (secondary N) is 3. The molecule has 0 fully saturated rings. The van der Waals surface area contributed by atoms with Crippen molar-refractivity contribution in [3.63, 3.8) is 0 Å². The smallest absolute Gasteiger partial charge is 0.261 e. The molecule has 3 N–H and O–H groups in total. The normalized spacial score (nSPS) is 11.5. The summed E-state index contributed by atoms with van der Waals surface area (Å²) in [5, 5.41) is 2.69. The van der Waals surface area contributed by atoms with Gasteiger partial charge in [0, 0.05) is 11.4 Å². The first-order valence-electron chi connectivity index (χ1n) is 10.9. The molecule has 0 bridgehead atoms. The number of amides is 1. The van der Waals surface area contributed by atoms with Crippen molar-refractivity contribution in [2.24, 2.45) is 0 Å². The first-order valence-corrected chi connectivity index (χ1v) is 14.3. The van der Waals surface area contributed by atoms with Gasteiger partial charge in [-0.05, 0) is 79.2 Å². The van der Waals surface area contributed by atoms with Gasteiger partial charge in [-0.15, -0.1) is 0 Å². The highest BCUT2D eigenvalue weighted by atomic mass is 35.5. The molecule has 0 aliphatic rings. The molecule has 0 saturated carbocycles. The molecule has 0 atom stereocenters. The van der Waals surface area contributed by atoms with Crippen molar-refractivity contribution in [2.45, 2.75) is 16.7 Å². The standard InChI is InChI=1S/C26H22ClN3O5S2/c1-18-6-5-7-20(16-18)29-37(34,35)23-13-10-19(11-14-23)28-26(31)24-15-12-21(17-25(24)27)30-36(32,33)22-8-3-2-4-9-22/h2-17,29-30H,1H3,(H,28,31). The summed E-state index contributed by atoms with van der Waals surface area (Å²) in [6.45, 7) is 1.86. The van der Waals surface area contributed by atoms with E-state index >= 15 is 0 Å². The molecule has 0 saturated heterocycles. The first kappa shape index (κ1) is 26.2. The van der Waals surface area contributed by atoms with Crippen LogP contribution in [0, 0.1) is 6.92 Å². The summed E-state index contributed by atoms with van der Waals surface area (Å²) >= 11 is 6.26. The van der Waals surface area contributed by atoms with Crippen LogP contribution in [0.2, 0.25) is 5.02 Å². The number of carbonyl (C=O) groups excluding carboxylic acids is 1. The third kappa shape index (κ3) is 6.48. The van der Waals surface area contributed by atoms with Crippen molar-refractivity contribution >= 4 is 54.6 Å². The molecule has 0 aliphatic carbocycles. The van der Waals surface area contributed by atoms with Crippen LogP contribution in [0.25, 0.3) is 0 Å². The fourth-order valence-corrected chi connectivity index (χ4v) is 5.80. The minimum atomic E-state index is -3.81. The maximum absolute atomic E-state index is 12.7. The molecule has 11 heteroatoms. The van der Waals surface area contributed by atoms with Gasteiger partial charge in [0.1, 0.15) is 0 Å². The Balaban J connectivity index is 1.44. The Morgan fingerprint density at radius 3 is 1.81 bits per heavy atom. The van der Waals surface area contributed by atoms with Crippen LogP contribution in [0.3, 0.4) is 0 Å². The van der Waals surface area contributed by atoms with Gasteiger partial charge >= 0.3 is 0 Å². The predicted molar refractivity (Wildman–Crippen MR) is 145 cm³/mol. The lowest BCUT2D eigenvalue weighted by molar-refractivity contribution is 0.102. The number of sulfonamides is 2. The molecule has 0 radical (unpaired) electrons. The van der Waals surface area contributed by atoms with Gasteiger partial charge in [0.25, 0.3) is 26.0 Å². The number of carbonyl (C=O) groups is 1. The van der Waals surface area contributed by atoms with Crippen molar-refractivity contribution in [3.05, 3.63) is 113 Å². The number of rotatable bonds is 8. The fourth-order valence-electron chi connectivity index (χ4n) is 3.41. The van der Waals surface area contributed by atoms with E-state index in [0.717, 1.165) is 5.56 Å². The Morgan fingerprint density at radius 2 is 1.22 bits per heavy atom. The van der Waals surface area contributed by atoms with E-state index in [4.69, 9.17) is 11.6 Å². The van der Waals surface area contributed by atoms with Gasteiger partial charge in [-0.25, -0.2) is 16.8 Å². The van der Waals surface area contributed by atoms with E-state index in [9.17, 15) is 21.6 Å². The lowest BCUT2D eigenvalue weighted by Gasteiger charge is -2.12. The molecule has 1 amide bonds. The van der Waals surface area contributed by atoms with Crippen LogP contribution in [0.15, 0.2) is 107 Å². The van der Waals surface area contributed by atoms with Gasteiger partial charge in [0.2, 0.25) is 0 Å². The largest absolute Gasteiger partial charge is 0.322 e. The average molecular weight is 556 g/mol. The van der Waals surface area contributed by atoms with Gasteiger partial charge < -0.3 is 5.32 Å². The minimum absolute atomic E-state index is 0.0279. The molecule has 0 unspecified atom stereocenters. The second-order valence-corrected chi connectivity index (χ2v) is 11.8. The van der Waals surface area contributed by atoms with Crippen molar-refractivity contribution in [2.75, 3.05) is 14.8 Å². The fraction of sp³-hybridized carbons (Fsp3) is 0.0385. The Labute approximate surface area is 220 Å². The maximum Gasteiger partial charge on any atom is 0.261 e. The van der Waals surface area contributed by atoms with Crippen LogP contribution >= 0.6 is 11.6 Å². The highest BCUT2D eigenvalue weighted by Crippen LogP contribution is 2.25. The van der Waals surface area contributed by atoms with Crippen LogP contribution in [-0.2, 0) is 20.0 Å². The third-order valence-electron chi connectivity index (χ3n) is 5.21. The molecule has 0 aromatic heterocycles. The second kappa shape index (κ2) is 10.6. The van der Waals surface area contributed by atoms with Crippen molar-refractivity contribution in [3.8, 4) is 0 Å². The summed E-state index contributed by atoms with van der Waals surface area (Å²) in [5.41, 5.74) is 2.02. The summed E-state index contributed by atoms with van der Waals surface area (Å²) in [6, 6.07) is 24.6. The molecule has 0 aliphatic heterocycles. The van der Waals surface area contributed by atoms with E-state index in [1.165, 1.54) is 54.6 Å². The van der Waals surface area contributed by atoms with Gasteiger partial charge in [-0.2, -0.15) is 0 Å². The SMILES string of the molecule is Cc1cccc(NS(=O)(=O)c2ccc(NC(=O)c3ccc(NS(=O)(=O)c4ccccc4)cc3Cl)cc2)c1. The molecule has 37 heavy (non-hydrogen) atoms. The molecule has 0 heterocycles. The summed E-state index contributed by atoms with van der Waals surface area (Å²) in [6.07, 6.45) is 0. The summed E-state index contributed by atoms with van der Waals surface area (Å²) in [4.78, 5) is 12.9. The average Bonchev–Trinajstić information content (AvgIpc) is 2.84. The second-order valence-electron chi connectivity index (χ2n) is 8.07. The van der Waals surface area contributed by atoms with Crippen LogP contribution in [0.1, 0.15) is 15.9 Å². The van der Waals surface area contributed by atoms with E-state index < -0.39 is 26.0 Å². The highest BCUT2D eigenvalue weighted by molar-refractivity contribution is 7.93. The Bertz CT molecular complexity index is 1660. The number of benzene rings is 4. The highest BCUT2D eigenvalue weighted by Gasteiger charge is 2.18. The van der Waals surface area contributed by atoms with Crippen molar-refractivity contribution in [1.82, 2.24) is 0 Å². The molecule has 4 rings (SSSR count). The first-order chi connectivity index (χ1) is 17.5. The Hall–Kier alpha value is -3.86. The molecule has 8 nitrogen and oxygen atoms in total. The summed E-state index contributed by atoms with van der Waals surface area (Å²) < 4.78 is 55.3. The molecular formula is C26H22ClN3O5S2. The summed E-state index contributed by atoms with van der Waals surface area (Å²) in [7, 11) is -7.63. The Morgan fingerprint density at radius 1 is 0.649 bits per heavy atom. The zero-order chi connectivity index (χ0) is 26.6. The van der Waals surface area contributed by atoms with E-state index in [1.807, 2.05) is 13.0 Å². The zero-order valence-corrected chi connectivity index (χ0v) is 21.9. The van der Waals surface area contributed by atoms with Gasteiger partial charge in [-0.1, -0.05) is 41.9 Å². The Kier molecular flexibility index (Phi) is 7.53. The van der Waals surface area contributed by atoms with Gasteiger partial charge in [-0.3, -0.25) is 14.2 Å². The molecule has 190 valence electrons. The van der Waals surface area contributed by atoms with Gasteiger partial charge in [0.15, 0.2) is 0 Å². The maximum atomic E-state index is 12.7. The number of hydrogen-bond acceptors (Lipinski definition) is 5. The zero-order valence-electron chi connectivity index (χ0n) is 19.5. The van der Waals surface area contributed by atoms with Crippen LogP contribution in [0.5, 0.6) is 0 Å². The van der Waals surface area contributed by atoms with Crippen LogP contribution in [0.4, 0.5) is 17.1 Å². The third-order valence-corrected chi connectivity index (χ3v) is 8.32. The summed E-state index contributed by atoms with van der Waals surface area (Å²) in [5.74, 6) is -0.545. The van der Waals surface area contributed by atoms with Crippen molar-refractivity contribution < 1.29 is 21.6 Å². The van der Waals surface area contributed by atoms with Crippen LogP contribution in [-0.4, -0.2) is 22.7 Å². The molecule has 4 aromatic rings. The van der Waals surface area contributed by atoms with Crippen LogP contribution < -0.4 is 14.8 Å². The molecule has 4 aromatic carbocycles. The topological polar surface area (TPSA) is 121 Å². The number of halogens is 1. The van der Waals surface area contributed by atoms with E-state index in [1.54, 1.807) is 36.4 Å². The minimum Gasteiger partial charge on any atom is -0.322 e. The van der Waals surface area contributed by atoms with Gasteiger partial charge in [0.05, 0.1) is 26.1 Å². The lowest BCUT2D eigenvalue weighted by Crippen LogP contribution is -2.15. The number of anilines is 3. The number of hydrogen-bond donors (Lipinski definition) is 3. The quantitative estimate of drug-likeness (QED) is 0.265. The molecular weight excluding hydrogens is 534 g/mol. The van der Waals surface area contributed by atoms with E-state index in [2.05, 4.69) is 14.8 Å². The van der Waals surface area contributed by atoms with E-state index in [-0.39, 0.29) is 26.1 Å². The molecule has 0 spiro atoms. The van der Waals surface area contributed by atoms with Crippen molar-refractivity contribution in [1.29, 1.82) is 0 Å². The van der Waals surface area contributed by atoms with E-state index in [0.29, 0.717) is 11.4 Å². The monoisotopic (exact) mass is 555 g/mol. The lowest BCUT2D eigenvalue weighted by atomic mass is 10.2. The predicted octanol–water partition coefficient (Wildman–Crippen LogP) is 5.50.